The molecule has 1 aliphatic carbocycles. The van der Waals surface area contributed by atoms with Crippen molar-refractivity contribution in [3.63, 3.8) is 0 Å². The predicted octanol–water partition coefficient (Wildman–Crippen LogP) is 3.21. The van der Waals surface area contributed by atoms with Crippen molar-refractivity contribution in [2.75, 3.05) is 11.5 Å². The normalized spacial score (nSPS) is 25.9. The summed E-state index contributed by atoms with van der Waals surface area (Å²) < 4.78 is 5.86. The highest BCUT2D eigenvalue weighted by atomic mass is 35.5. The molecule has 2 fully saturated rings. The zero-order chi connectivity index (χ0) is 11.9. The fourth-order valence-corrected chi connectivity index (χ4v) is 3.40. The highest BCUT2D eigenvalue weighted by Gasteiger charge is 2.42. The Kier molecular flexibility index (Phi) is 3.01. The molecule has 1 heterocycles. The smallest absolute Gasteiger partial charge is 0.138 e. The zero-order valence-electron chi connectivity index (χ0n) is 9.49. The maximum atomic E-state index is 10.00. The quantitative estimate of drug-likeness (QED) is 0.915. The van der Waals surface area contributed by atoms with E-state index in [9.17, 15) is 5.11 Å². The van der Waals surface area contributed by atoms with Gasteiger partial charge in [0.05, 0.1) is 10.6 Å². The SMILES string of the molecule is OC1(c2ccc(OC3CCSC3)c(Cl)c2)CC1. The van der Waals surface area contributed by atoms with E-state index in [0.29, 0.717) is 5.02 Å². The first-order chi connectivity index (χ1) is 8.17. The van der Waals surface area contributed by atoms with Crippen LogP contribution in [-0.4, -0.2) is 22.7 Å². The number of rotatable bonds is 3. The van der Waals surface area contributed by atoms with Crippen molar-refractivity contribution in [1.82, 2.24) is 0 Å². The van der Waals surface area contributed by atoms with E-state index >= 15 is 0 Å². The largest absolute Gasteiger partial charge is 0.488 e. The molecule has 2 nitrogen and oxygen atoms in total. The first-order valence-corrected chi connectivity index (χ1v) is 7.47. The van der Waals surface area contributed by atoms with Crippen LogP contribution in [0.4, 0.5) is 0 Å². The van der Waals surface area contributed by atoms with Gasteiger partial charge in [0, 0.05) is 5.75 Å². The summed E-state index contributed by atoms with van der Waals surface area (Å²) in [5.74, 6) is 2.95. The molecule has 1 N–H and O–H groups in total. The van der Waals surface area contributed by atoms with E-state index in [1.165, 1.54) is 5.75 Å². The van der Waals surface area contributed by atoms with Crippen LogP contribution < -0.4 is 4.74 Å². The monoisotopic (exact) mass is 270 g/mol. The van der Waals surface area contributed by atoms with Gasteiger partial charge in [0.2, 0.25) is 0 Å². The van der Waals surface area contributed by atoms with Crippen molar-refractivity contribution in [3.05, 3.63) is 28.8 Å². The van der Waals surface area contributed by atoms with Gasteiger partial charge in [-0.15, -0.1) is 0 Å². The van der Waals surface area contributed by atoms with Gasteiger partial charge in [-0.3, -0.25) is 0 Å². The topological polar surface area (TPSA) is 29.5 Å². The van der Waals surface area contributed by atoms with Gasteiger partial charge in [0.25, 0.3) is 0 Å². The summed E-state index contributed by atoms with van der Waals surface area (Å²) in [7, 11) is 0. The minimum atomic E-state index is -0.620. The van der Waals surface area contributed by atoms with Crippen LogP contribution in [0, 0.1) is 0 Å². The molecule has 0 bridgehead atoms. The second-order valence-electron chi connectivity index (χ2n) is 4.78. The molecule has 0 spiro atoms. The number of aliphatic hydroxyl groups is 1. The minimum Gasteiger partial charge on any atom is -0.488 e. The molecule has 92 valence electrons. The van der Waals surface area contributed by atoms with E-state index in [-0.39, 0.29) is 6.10 Å². The molecule has 0 radical (unpaired) electrons. The number of hydrogen-bond acceptors (Lipinski definition) is 3. The van der Waals surface area contributed by atoms with Crippen LogP contribution in [0.25, 0.3) is 0 Å². The van der Waals surface area contributed by atoms with E-state index in [4.69, 9.17) is 16.3 Å². The average Bonchev–Trinajstić information content (AvgIpc) is 2.87. The summed E-state index contributed by atoms with van der Waals surface area (Å²) in [6, 6.07) is 5.65. The molecular weight excluding hydrogens is 256 g/mol. The van der Waals surface area contributed by atoms with Crippen molar-refractivity contribution < 1.29 is 9.84 Å². The van der Waals surface area contributed by atoms with Crippen molar-refractivity contribution in [1.29, 1.82) is 0 Å². The lowest BCUT2D eigenvalue weighted by molar-refractivity contribution is 0.151. The summed E-state index contributed by atoms with van der Waals surface area (Å²) in [6.07, 6.45) is 3.05. The van der Waals surface area contributed by atoms with E-state index in [1.807, 2.05) is 30.0 Å². The van der Waals surface area contributed by atoms with Crippen molar-refractivity contribution >= 4 is 23.4 Å². The Morgan fingerprint density at radius 2 is 2.24 bits per heavy atom. The van der Waals surface area contributed by atoms with Crippen LogP contribution >= 0.6 is 23.4 Å². The second-order valence-corrected chi connectivity index (χ2v) is 6.34. The molecule has 1 unspecified atom stereocenters. The Labute approximate surface area is 110 Å². The van der Waals surface area contributed by atoms with Gasteiger partial charge >= 0.3 is 0 Å². The molecule has 3 rings (SSSR count). The van der Waals surface area contributed by atoms with Crippen LogP contribution in [0.15, 0.2) is 18.2 Å². The summed E-state index contributed by atoms with van der Waals surface area (Å²) in [6.45, 7) is 0. The lowest BCUT2D eigenvalue weighted by atomic mass is 10.1. The predicted molar refractivity (Wildman–Crippen MR) is 70.9 cm³/mol. The molecule has 1 atom stereocenters. The van der Waals surface area contributed by atoms with Crippen LogP contribution in [0.1, 0.15) is 24.8 Å². The number of hydrogen-bond donors (Lipinski definition) is 1. The molecule has 1 aromatic carbocycles. The van der Waals surface area contributed by atoms with Crippen LogP contribution in [0.5, 0.6) is 5.75 Å². The van der Waals surface area contributed by atoms with Gasteiger partial charge in [-0.1, -0.05) is 17.7 Å². The van der Waals surface area contributed by atoms with Crippen LogP contribution in [0.3, 0.4) is 0 Å². The van der Waals surface area contributed by atoms with E-state index in [1.54, 1.807) is 0 Å². The molecule has 1 saturated heterocycles. The van der Waals surface area contributed by atoms with Gasteiger partial charge in [0.1, 0.15) is 11.9 Å². The van der Waals surface area contributed by atoms with E-state index in [0.717, 1.165) is 36.3 Å². The fraction of sp³-hybridized carbons (Fsp3) is 0.538. The zero-order valence-corrected chi connectivity index (χ0v) is 11.1. The van der Waals surface area contributed by atoms with Crippen LogP contribution in [-0.2, 0) is 5.60 Å². The van der Waals surface area contributed by atoms with Crippen molar-refractivity contribution in [2.45, 2.75) is 31.0 Å². The van der Waals surface area contributed by atoms with Crippen molar-refractivity contribution in [3.8, 4) is 5.75 Å². The lowest BCUT2D eigenvalue weighted by Gasteiger charge is -2.15. The van der Waals surface area contributed by atoms with Gasteiger partial charge in [0.15, 0.2) is 0 Å². The number of ether oxygens (including phenoxy) is 1. The van der Waals surface area contributed by atoms with Crippen LogP contribution in [0.2, 0.25) is 5.02 Å². The second kappa shape index (κ2) is 4.38. The summed E-state index contributed by atoms with van der Waals surface area (Å²) in [4.78, 5) is 0. The molecule has 4 heteroatoms. The van der Waals surface area contributed by atoms with E-state index < -0.39 is 5.60 Å². The highest BCUT2D eigenvalue weighted by Crippen LogP contribution is 2.46. The highest BCUT2D eigenvalue weighted by molar-refractivity contribution is 7.99. The molecule has 1 aromatic rings. The lowest BCUT2D eigenvalue weighted by Crippen LogP contribution is -2.15. The maximum Gasteiger partial charge on any atom is 0.138 e. The standard InChI is InChI=1S/C13H15ClO2S/c14-11-7-9(13(15)4-5-13)1-2-12(11)16-10-3-6-17-8-10/h1-2,7,10,15H,3-6,8H2. The van der Waals surface area contributed by atoms with Crippen molar-refractivity contribution in [2.24, 2.45) is 0 Å². The summed E-state index contributed by atoms with van der Waals surface area (Å²) in [5.41, 5.74) is 0.293. The Balaban J connectivity index is 1.76. The Morgan fingerprint density at radius 1 is 1.41 bits per heavy atom. The molecular formula is C13H15ClO2S. The Bertz CT molecular complexity index is 425. The van der Waals surface area contributed by atoms with Gasteiger partial charge < -0.3 is 9.84 Å². The third-order valence-electron chi connectivity index (χ3n) is 3.37. The molecule has 2 aliphatic rings. The maximum absolute atomic E-state index is 10.00. The third-order valence-corrected chi connectivity index (χ3v) is 4.80. The summed E-state index contributed by atoms with van der Waals surface area (Å²) >= 11 is 8.12. The molecule has 1 saturated carbocycles. The fourth-order valence-electron chi connectivity index (χ4n) is 2.08. The van der Waals surface area contributed by atoms with Gasteiger partial charge in [-0.2, -0.15) is 11.8 Å². The van der Waals surface area contributed by atoms with E-state index in [2.05, 4.69) is 0 Å². The van der Waals surface area contributed by atoms with Gasteiger partial charge in [-0.05, 0) is 42.7 Å². The Morgan fingerprint density at radius 3 is 2.82 bits per heavy atom. The summed E-state index contributed by atoms with van der Waals surface area (Å²) in [5, 5.41) is 10.6. The Hall–Kier alpha value is -0.380. The first kappa shape index (κ1) is 11.7. The first-order valence-electron chi connectivity index (χ1n) is 5.94. The molecule has 0 amide bonds. The molecule has 1 aliphatic heterocycles. The molecule has 17 heavy (non-hydrogen) atoms. The van der Waals surface area contributed by atoms with Gasteiger partial charge in [-0.25, -0.2) is 0 Å². The number of halogens is 1. The minimum absolute atomic E-state index is 0.285. The molecule has 0 aromatic heterocycles. The third kappa shape index (κ3) is 2.42. The average molecular weight is 271 g/mol. The number of thioether (sulfide) groups is 1. The number of benzene rings is 1.